The van der Waals surface area contributed by atoms with Gasteiger partial charge in [-0.1, -0.05) is 6.92 Å². The molecular formula is C13H21N3O. The minimum absolute atomic E-state index is 0.0794. The van der Waals surface area contributed by atoms with Crippen LogP contribution in [0.25, 0.3) is 0 Å². The summed E-state index contributed by atoms with van der Waals surface area (Å²) in [5, 5.41) is 9.14. The maximum Gasteiger partial charge on any atom is 0.128 e. The van der Waals surface area contributed by atoms with Crippen molar-refractivity contribution in [3.05, 3.63) is 23.9 Å². The van der Waals surface area contributed by atoms with Gasteiger partial charge in [0.15, 0.2) is 0 Å². The number of likely N-dealkylation sites (N-methyl/N-ethyl adjacent to an activating group) is 1. The first kappa shape index (κ1) is 12.3. The molecule has 4 nitrogen and oxygen atoms in total. The molecule has 17 heavy (non-hydrogen) atoms. The third-order valence-electron chi connectivity index (χ3n) is 3.55. The molecule has 2 unspecified atom stereocenters. The lowest BCUT2D eigenvalue weighted by Gasteiger charge is -2.22. The van der Waals surface area contributed by atoms with Gasteiger partial charge in [0.1, 0.15) is 5.82 Å². The van der Waals surface area contributed by atoms with Crippen LogP contribution in [0.4, 0.5) is 5.82 Å². The molecule has 4 heteroatoms. The molecule has 0 saturated carbocycles. The lowest BCUT2D eigenvalue weighted by Crippen LogP contribution is -2.34. The van der Waals surface area contributed by atoms with E-state index >= 15 is 0 Å². The van der Waals surface area contributed by atoms with Crippen LogP contribution in [0.15, 0.2) is 18.3 Å². The number of pyridine rings is 1. The fourth-order valence-electron chi connectivity index (χ4n) is 2.54. The topological polar surface area (TPSA) is 39.6 Å². The predicted octanol–water partition coefficient (Wildman–Crippen LogP) is 0.960. The zero-order chi connectivity index (χ0) is 12.4. The van der Waals surface area contributed by atoms with Crippen molar-refractivity contribution in [1.82, 2.24) is 9.88 Å². The van der Waals surface area contributed by atoms with Crippen molar-refractivity contribution in [2.45, 2.75) is 19.6 Å². The van der Waals surface area contributed by atoms with E-state index in [0.29, 0.717) is 12.0 Å². The molecule has 94 valence electrons. The SMILES string of the molecule is CC1CN(c2cc(CO)ccn2)CC1N(C)C. The molecule has 0 aliphatic carbocycles. The summed E-state index contributed by atoms with van der Waals surface area (Å²) in [6.07, 6.45) is 1.77. The first-order valence-corrected chi connectivity index (χ1v) is 6.09. The summed E-state index contributed by atoms with van der Waals surface area (Å²) in [5.74, 6) is 1.62. The zero-order valence-electron chi connectivity index (χ0n) is 10.8. The largest absolute Gasteiger partial charge is 0.392 e. The molecule has 1 N–H and O–H groups in total. The summed E-state index contributed by atoms with van der Waals surface area (Å²) < 4.78 is 0. The monoisotopic (exact) mass is 235 g/mol. The van der Waals surface area contributed by atoms with Crippen molar-refractivity contribution >= 4 is 5.82 Å². The van der Waals surface area contributed by atoms with E-state index in [4.69, 9.17) is 5.11 Å². The van der Waals surface area contributed by atoms with Crippen LogP contribution in [0, 0.1) is 5.92 Å². The van der Waals surface area contributed by atoms with Crippen LogP contribution in [0.1, 0.15) is 12.5 Å². The van der Waals surface area contributed by atoms with Gasteiger partial charge in [-0.2, -0.15) is 0 Å². The fraction of sp³-hybridized carbons (Fsp3) is 0.615. The average Bonchev–Trinajstić information content (AvgIpc) is 2.71. The van der Waals surface area contributed by atoms with E-state index in [1.54, 1.807) is 6.20 Å². The van der Waals surface area contributed by atoms with Crippen molar-refractivity contribution in [3.63, 3.8) is 0 Å². The van der Waals surface area contributed by atoms with Gasteiger partial charge in [-0.05, 0) is 37.7 Å². The molecular weight excluding hydrogens is 214 g/mol. The molecule has 1 aromatic heterocycles. The Bertz CT molecular complexity index is 381. The predicted molar refractivity (Wildman–Crippen MR) is 69.0 cm³/mol. The molecule has 0 aromatic carbocycles. The van der Waals surface area contributed by atoms with E-state index in [0.717, 1.165) is 24.5 Å². The highest BCUT2D eigenvalue weighted by Gasteiger charge is 2.31. The Morgan fingerprint density at radius 3 is 2.82 bits per heavy atom. The number of aliphatic hydroxyl groups excluding tert-OH is 1. The van der Waals surface area contributed by atoms with Crippen molar-refractivity contribution in [3.8, 4) is 0 Å². The van der Waals surface area contributed by atoms with Crippen molar-refractivity contribution < 1.29 is 5.11 Å². The summed E-state index contributed by atoms with van der Waals surface area (Å²) in [5.41, 5.74) is 0.927. The first-order valence-electron chi connectivity index (χ1n) is 6.09. The van der Waals surface area contributed by atoms with Crippen molar-refractivity contribution in [2.75, 3.05) is 32.1 Å². The molecule has 2 atom stereocenters. The fourth-order valence-corrected chi connectivity index (χ4v) is 2.54. The van der Waals surface area contributed by atoms with E-state index in [2.05, 4.69) is 35.8 Å². The van der Waals surface area contributed by atoms with E-state index in [-0.39, 0.29) is 6.61 Å². The summed E-state index contributed by atoms with van der Waals surface area (Å²) >= 11 is 0. The Labute approximate surface area is 103 Å². The number of aromatic nitrogens is 1. The van der Waals surface area contributed by atoms with E-state index in [1.165, 1.54) is 0 Å². The number of anilines is 1. The van der Waals surface area contributed by atoms with Crippen LogP contribution in [0.3, 0.4) is 0 Å². The third kappa shape index (κ3) is 2.58. The highest BCUT2D eigenvalue weighted by Crippen LogP contribution is 2.24. The number of hydrogen-bond donors (Lipinski definition) is 1. The normalized spacial score (nSPS) is 24.6. The second kappa shape index (κ2) is 5.02. The van der Waals surface area contributed by atoms with Gasteiger partial charge < -0.3 is 14.9 Å². The van der Waals surface area contributed by atoms with Crippen LogP contribution in [0.5, 0.6) is 0 Å². The number of hydrogen-bond acceptors (Lipinski definition) is 4. The Morgan fingerprint density at radius 1 is 1.47 bits per heavy atom. The maximum absolute atomic E-state index is 9.14. The second-order valence-electron chi connectivity index (χ2n) is 5.09. The molecule has 1 fully saturated rings. The molecule has 1 saturated heterocycles. The second-order valence-corrected chi connectivity index (χ2v) is 5.09. The van der Waals surface area contributed by atoms with Gasteiger partial charge in [-0.15, -0.1) is 0 Å². The molecule has 1 aliphatic heterocycles. The first-order chi connectivity index (χ1) is 8.11. The van der Waals surface area contributed by atoms with E-state index in [9.17, 15) is 0 Å². The zero-order valence-corrected chi connectivity index (χ0v) is 10.8. The van der Waals surface area contributed by atoms with Gasteiger partial charge >= 0.3 is 0 Å². The molecule has 2 rings (SSSR count). The highest BCUT2D eigenvalue weighted by molar-refractivity contribution is 5.42. The summed E-state index contributed by atoms with van der Waals surface area (Å²) in [4.78, 5) is 8.97. The Hall–Kier alpha value is -1.13. The minimum atomic E-state index is 0.0794. The lowest BCUT2D eigenvalue weighted by molar-refractivity contribution is 0.266. The van der Waals surface area contributed by atoms with E-state index < -0.39 is 0 Å². The molecule has 0 radical (unpaired) electrons. The Balaban J connectivity index is 2.13. The van der Waals surface area contributed by atoms with Gasteiger partial charge in [0.05, 0.1) is 6.61 Å². The number of rotatable bonds is 3. The maximum atomic E-state index is 9.14. The van der Waals surface area contributed by atoms with E-state index in [1.807, 2.05) is 12.1 Å². The average molecular weight is 235 g/mol. The Kier molecular flexibility index (Phi) is 3.64. The van der Waals surface area contributed by atoms with Gasteiger partial charge in [0.2, 0.25) is 0 Å². The molecule has 0 spiro atoms. The summed E-state index contributed by atoms with van der Waals surface area (Å²) in [6.45, 7) is 4.40. The van der Waals surface area contributed by atoms with Crippen LogP contribution in [-0.4, -0.2) is 48.2 Å². The number of aliphatic hydroxyl groups is 1. The van der Waals surface area contributed by atoms with Gasteiger partial charge in [0, 0.05) is 25.3 Å². The highest BCUT2D eigenvalue weighted by atomic mass is 16.3. The molecule has 1 aliphatic rings. The number of nitrogens with zero attached hydrogens (tertiary/aromatic N) is 3. The van der Waals surface area contributed by atoms with Gasteiger partial charge in [0.25, 0.3) is 0 Å². The van der Waals surface area contributed by atoms with Crippen LogP contribution in [-0.2, 0) is 6.61 Å². The molecule has 0 bridgehead atoms. The molecule has 2 heterocycles. The summed E-state index contributed by atoms with van der Waals surface area (Å²) in [6, 6.07) is 4.41. The lowest BCUT2D eigenvalue weighted by atomic mass is 10.1. The van der Waals surface area contributed by atoms with Crippen LogP contribution < -0.4 is 4.90 Å². The quantitative estimate of drug-likeness (QED) is 0.847. The van der Waals surface area contributed by atoms with Gasteiger partial charge in [-0.25, -0.2) is 4.98 Å². The third-order valence-corrected chi connectivity index (χ3v) is 3.55. The smallest absolute Gasteiger partial charge is 0.128 e. The van der Waals surface area contributed by atoms with Crippen molar-refractivity contribution in [2.24, 2.45) is 5.92 Å². The van der Waals surface area contributed by atoms with Crippen LogP contribution >= 0.6 is 0 Å². The molecule has 1 aromatic rings. The minimum Gasteiger partial charge on any atom is -0.392 e. The Morgan fingerprint density at radius 2 is 2.24 bits per heavy atom. The van der Waals surface area contributed by atoms with Gasteiger partial charge in [-0.3, -0.25) is 0 Å². The molecule has 0 amide bonds. The van der Waals surface area contributed by atoms with Crippen LogP contribution in [0.2, 0.25) is 0 Å². The summed E-state index contributed by atoms with van der Waals surface area (Å²) in [7, 11) is 4.25. The standard InChI is InChI=1S/C13H21N3O/c1-10-7-16(8-12(10)15(2)3)13-6-11(9-17)4-5-14-13/h4-6,10,12,17H,7-9H2,1-3H3. The van der Waals surface area contributed by atoms with Crippen molar-refractivity contribution in [1.29, 1.82) is 0 Å².